The molecule has 2 heterocycles. The van der Waals surface area contributed by atoms with Crippen molar-refractivity contribution in [3.05, 3.63) is 265 Å². The molecule has 0 atom stereocenters. The molecule has 9 aromatic rings. The van der Waals surface area contributed by atoms with Gasteiger partial charge in [-0.3, -0.25) is 14.5 Å². The first-order valence-electron chi connectivity index (χ1n) is 24.3. The summed E-state index contributed by atoms with van der Waals surface area (Å²) in [6, 6.07) is 75.2. The van der Waals surface area contributed by atoms with Gasteiger partial charge in [0.15, 0.2) is 0 Å². The predicted molar refractivity (Wildman–Crippen MR) is 308 cm³/mol. The third-order valence-electron chi connectivity index (χ3n) is 9.24. The number of fused-ring (bicyclic) bond motifs is 1. The molecule has 74 heavy (non-hydrogen) atoms. The van der Waals surface area contributed by atoms with Gasteiger partial charge in [0, 0.05) is 45.4 Å². The molecule has 2 aromatic heterocycles. The molecule has 6 nitrogen and oxygen atoms in total. The molecule has 0 bridgehead atoms. The van der Waals surface area contributed by atoms with Gasteiger partial charge in [-0.2, -0.15) is 18.3 Å². The second kappa shape index (κ2) is 36.2. The third kappa shape index (κ3) is 33.0. The molecule has 0 spiro atoms. The first-order chi connectivity index (χ1) is 35.0. The van der Waals surface area contributed by atoms with E-state index in [1.807, 2.05) is 135 Å². The minimum absolute atomic E-state index is 0.0878. The summed E-state index contributed by atoms with van der Waals surface area (Å²) in [5.74, 6) is -0.939. The molecule has 0 unspecified atom stereocenters. The van der Waals surface area contributed by atoms with Crippen molar-refractivity contribution in [1.29, 1.82) is 0 Å². The van der Waals surface area contributed by atoms with Crippen molar-refractivity contribution < 1.29 is 22.7 Å². The lowest BCUT2D eigenvalue weighted by molar-refractivity contribution is -0.0885. The average Bonchev–Trinajstić information content (AvgIpc) is 3.75. The molecule has 0 saturated carbocycles. The number of ketones is 1. The maximum Gasteiger partial charge on any atom is 0.454 e. The molecule has 0 fully saturated rings. The van der Waals surface area contributed by atoms with Gasteiger partial charge in [-0.05, 0) is 77.4 Å². The average molecular weight is 1010 g/mol. The normalized spacial score (nSPS) is 9.95. The van der Waals surface area contributed by atoms with Crippen LogP contribution in [0.1, 0.15) is 75.6 Å². The topological polar surface area (TPSA) is 60.2 Å². The number of pyridine rings is 1. The molecule has 7 aromatic carbocycles. The number of aryl methyl sites for hydroxylation is 3. The summed E-state index contributed by atoms with van der Waals surface area (Å²) in [7, 11) is 7.19. The number of alkyl halides is 3. The van der Waals surface area contributed by atoms with E-state index in [0.717, 1.165) is 11.9 Å². The number of ether oxygens (including phenoxy) is 1. The Bertz CT molecular complexity index is 2570. The first kappa shape index (κ1) is 64.2. The molecule has 0 N–H and O–H groups in total. The Morgan fingerprint density at radius 2 is 0.851 bits per heavy atom. The lowest BCUT2D eigenvalue weighted by Gasteiger charge is -2.18. The fourth-order valence-electron chi connectivity index (χ4n) is 5.56. The molecule has 0 aliphatic rings. The van der Waals surface area contributed by atoms with E-state index in [0.29, 0.717) is 10.8 Å². The third-order valence-corrected chi connectivity index (χ3v) is 9.24. The van der Waals surface area contributed by atoms with Crippen LogP contribution in [0, 0.1) is 19.3 Å². The number of hydrogen-bond donors (Lipinski definition) is 0. The molecular weight excluding hydrogens is 926 g/mol. The Morgan fingerprint density at radius 1 is 0.514 bits per heavy atom. The number of rotatable bonds is 3. The smallest absolute Gasteiger partial charge is 0.454 e. The highest BCUT2D eigenvalue weighted by Gasteiger charge is 2.40. The summed E-state index contributed by atoms with van der Waals surface area (Å²) < 4.78 is 41.9. The molecule has 0 aliphatic heterocycles. The van der Waals surface area contributed by atoms with Gasteiger partial charge >= 0.3 is 6.18 Å². The maximum absolute atomic E-state index is 11.9. The van der Waals surface area contributed by atoms with Crippen molar-refractivity contribution in [2.45, 2.75) is 73.9 Å². The summed E-state index contributed by atoms with van der Waals surface area (Å²) in [4.78, 5) is 16.6. The van der Waals surface area contributed by atoms with E-state index < -0.39 is 17.5 Å². The minimum atomic E-state index is -4.83. The van der Waals surface area contributed by atoms with Gasteiger partial charge in [0.25, 0.3) is 5.78 Å². The second-order valence-electron chi connectivity index (χ2n) is 19.2. The number of hydrogen-bond acceptors (Lipinski definition) is 5. The summed E-state index contributed by atoms with van der Waals surface area (Å²) >= 11 is 0. The Labute approximate surface area is 441 Å². The number of aromatic nitrogens is 3. The second-order valence-corrected chi connectivity index (χ2v) is 19.2. The number of methoxy groups -OCH3 is 1. The van der Waals surface area contributed by atoms with Gasteiger partial charge in [-0.25, -0.2) is 0 Å². The number of benzene rings is 7. The van der Waals surface area contributed by atoms with Crippen LogP contribution in [0.3, 0.4) is 0 Å². The fraction of sp³-hybridized carbons (Fsp3) is 0.246. The van der Waals surface area contributed by atoms with Crippen LogP contribution in [0.15, 0.2) is 243 Å². The van der Waals surface area contributed by atoms with Crippen molar-refractivity contribution in [1.82, 2.24) is 14.8 Å². The quantitative estimate of drug-likeness (QED) is 0.165. The van der Waals surface area contributed by atoms with Gasteiger partial charge in [0.05, 0.1) is 18.4 Å². The zero-order valence-electron chi connectivity index (χ0n) is 45.8. The highest BCUT2D eigenvalue weighted by atomic mass is 19.4. The van der Waals surface area contributed by atoms with Crippen molar-refractivity contribution in [3.63, 3.8) is 0 Å². The van der Waals surface area contributed by atoms with E-state index in [1.54, 1.807) is 19.5 Å². The van der Waals surface area contributed by atoms with E-state index in [4.69, 9.17) is 4.74 Å². The number of carbonyl (C=O) groups excluding carboxylic acids is 1. The number of nitrogens with zero attached hydrogens (tertiary/aromatic N) is 4. The van der Waals surface area contributed by atoms with Gasteiger partial charge < -0.3 is 9.64 Å². The molecule has 0 radical (unpaired) electrons. The molecule has 0 amide bonds. The first-order valence-corrected chi connectivity index (χ1v) is 24.3. The van der Waals surface area contributed by atoms with Crippen LogP contribution in [0.4, 0.5) is 18.9 Å². The number of halogens is 3. The lowest BCUT2D eigenvalue weighted by atomic mass is 9.87. The molecule has 392 valence electrons. The highest BCUT2D eigenvalue weighted by Crippen LogP contribution is 2.23. The summed E-state index contributed by atoms with van der Waals surface area (Å²) in [6.45, 7) is 18.9. The van der Waals surface area contributed by atoms with Crippen LogP contribution in [-0.4, -0.2) is 47.9 Å². The van der Waals surface area contributed by atoms with Crippen LogP contribution in [0.5, 0.6) is 5.75 Å². The van der Waals surface area contributed by atoms with Gasteiger partial charge in [-0.1, -0.05) is 242 Å². The van der Waals surface area contributed by atoms with E-state index in [9.17, 15) is 18.0 Å². The van der Waals surface area contributed by atoms with Crippen LogP contribution in [-0.2, 0) is 12.5 Å². The maximum atomic E-state index is 11.9. The highest BCUT2D eigenvalue weighted by molar-refractivity contribution is 6.00. The van der Waals surface area contributed by atoms with E-state index >= 15 is 0 Å². The molecule has 0 aliphatic carbocycles. The zero-order valence-corrected chi connectivity index (χ0v) is 45.8. The van der Waals surface area contributed by atoms with Crippen molar-refractivity contribution in [2.24, 2.45) is 12.5 Å². The van der Waals surface area contributed by atoms with E-state index in [-0.39, 0.29) is 5.69 Å². The zero-order chi connectivity index (χ0) is 55.3. The number of Topliss-reactive ketones (excluding diaryl/α,β-unsaturated/α-hetero) is 1. The van der Waals surface area contributed by atoms with Gasteiger partial charge in [-0.15, -0.1) is 0 Å². The van der Waals surface area contributed by atoms with Crippen LogP contribution in [0.2, 0.25) is 0 Å². The summed E-state index contributed by atoms with van der Waals surface area (Å²) in [5, 5.41) is 6.26. The minimum Gasteiger partial charge on any atom is -0.497 e. The largest absolute Gasteiger partial charge is 0.497 e. The number of carbonyl (C=O) groups is 1. The standard InChI is InChI=1S/C10H8.C10H14.C8H11N.C7H7F3N2O.C7H8O.C7H8.C6H6.C5H5N.C5H12/c1-2-6-10-8-4-3-7-9(10)5-1;1-10(2,3)9-7-5-4-6-8-9;1-9(2)8-6-4-3-5-7-8;1-4-5(3-12(2)11-4)6(13)7(8,9)10;1-8-7-5-3-2-4-6-7;1-7-5-3-2-4-6-7;2*1-2-4-6-5-3-1;1-5(2,3)4/h1-8H;4-8H,1-3H3;3-7H,1-2H3;3H,1-2H3;2-6H,1H3;2-6H,1H3;1-6H;1-5H;1-4H3. The SMILES string of the molecule is CC(C)(C)C.CC(C)(C)c1ccccc1.CN(C)c1ccccc1.COc1ccccc1.Cc1ccccc1.Cc1nn(C)cc1C(=O)C(F)(F)F.c1ccc2ccccc2c1.c1ccccc1.c1ccncc1. The van der Waals surface area contributed by atoms with Crippen LogP contribution < -0.4 is 9.64 Å². The Balaban J connectivity index is 0.000000422. The Morgan fingerprint density at radius 3 is 1.08 bits per heavy atom. The Kier molecular flexibility index (Phi) is 31.4. The van der Waals surface area contributed by atoms with E-state index in [2.05, 4.69) is 174 Å². The van der Waals surface area contributed by atoms with Crippen LogP contribution >= 0.6 is 0 Å². The lowest BCUT2D eigenvalue weighted by Crippen LogP contribution is -2.22. The molecule has 9 heteroatoms. The number of anilines is 1. The van der Waals surface area contributed by atoms with Crippen LogP contribution in [0.25, 0.3) is 10.8 Å². The van der Waals surface area contributed by atoms with Crippen molar-refractivity contribution >= 4 is 22.2 Å². The van der Waals surface area contributed by atoms with Gasteiger partial charge in [0.1, 0.15) is 5.75 Å². The molecular formula is C65H79F3N4O2. The van der Waals surface area contributed by atoms with E-state index in [1.165, 1.54) is 46.2 Å². The van der Waals surface area contributed by atoms with Gasteiger partial charge in [0.2, 0.25) is 0 Å². The summed E-state index contributed by atoms with van der Waals surface area (Å²) in [6.07, 6.45) is -0.265. The predicted octanol–water partition coefficient (Wildman–Crippen LogP) is 17.6. The Hall–Kier alpha value is -7.78. The summed E-state index contributed by atoms with van der Waals surface area (Å²) in [5.41, 5.74) is 4.45. The molecule has 9 rings (SSSR count). The molecule has 0 saturated heterocycles. The van der Waals surface area contributed by atoms with Crippen molar-refractivity contribution in [2.75, 3.05) is 26.1 Å². The monoisotopic (exact) mass is 1000 g/mol. The van der Waals surface area contributed by atoms with Crippen molar-refractivity contribution in [3.8, 4) is 5.75 Å². The fourth-order valence-corrected chi connectivity index (χ4v) is 5.56. The number of para-hydroxylation sites is 2.